The zero-order valence-electron chi connectivity index (χ0n) is 9.09. The second-order valence-electron chi connectivity index (χ2n) is 3.88. The highest BCUT2D eigenvalue weighted by molar-refractivity contribution is 7.07. The summed E-state index contributed by atoms with van der Waals surface area (Å²) in [6.45, 7) is 2.37. The highest BCUT2D eigenvalue weighted by atomic mass is 32.1. The van der Waals surface area contributed by atoms with Gasteiger partial charge in [-0.05, 0) is 22.4 Å². The summed E-state index contributed by atoms with van der Waals surface area (Å²) in [5.74, 6) is 0.167. The van der Waals surface area contributed by atoms with Crippen molar-refractivity contribution in [2.45, 2.75) is 12.5 Å². The molecule has 1 amide bonds. The van der Waals surface area contributed by atoms with Crippen LogP contribution in [0, 0.1) is 0 Å². The molecule has 2 heterocycles. The van der Waals surface area contributed by atoms with Crippen molar-refractivity contribution in [3.05, 3.63) is 22.4 Å². The summed E-state index contributed by atoms with van der Waals surface area (Å²) in [6.07, 6.45) is 0.487. The van der Waals surface area contributed by atoms with Crippen molar-refractivity contribution in [2.24, 2.45) is 5.73 Å². The molecule has 1 aromatic rings. The molecule has 1 fully saturated rings. The fourth-order valence-corrected chi connectivity index (χ4v) is 2.44. The molecule has 5 heteroatoms. The summed E-state index contributed by atoms with van der Waals surface area (Å²) in [6, 6.07) is 1.99. The van der Waals surface area contributed by atoms with Gasteiger partial charge in [0.15, 0.2) is 0 Å². The third-order valence-corrected chi connectivity index (χ3v) is 3.42. The molecule has 1 aromatic heterocycles. The van der Waals surface area contributed by atoms with Gasteiger partial charge in [-0.15, -0.1) is 0 Å². The first-order valence-electron chi connectivity index (χ1n) is 5.40. The van der Waals surface area contributed by atoms with Gasteiger partial charge in [0.05, 0.1) is 19.1 Å². The number of morpholine rings is 1. The number of ether oxygens (including phenoxy) is 1. The molecule has 0 radical (unpaired) electrons. The van der Waals surface area contributed by atoms with Crippen LogP contribution in [0.4, 0.5) is 0 Å². The Morgan fingerprint density at radius 1 is 1.69 bits per heavy atom. The van der Waals surface area contributed by atoms with Crippen LogP contribution in [0.3, 0.4) is 0 Å². The maximum Gasteiger partial charge on any atom is 0.227 e. The van der Waals surface area contributed by atoms with Gasteiger partial charge < -0.3 is 15.4 Å². The van der Waals surface area contributed by atoms with E-state index in [0.717, 1.165) is 5.56 Å². The number of nitrogens with zero attached hydrogens (tertiary/aromatic N) is 1. The molecule has 0 bridgehead atoms. The topological polar surface area (TPSA) is 55.6 Å². The highest BCUT2D eigenvalue weighted by Gasteiger charge is 2.23. The van der Waals surface area contributed by atoms with Crippen LogP contribution in [0.25, 0.3) is 0 Å². The number of carbonyl (C=O) groups excluding carboxylic acids is 1. The number of hydrogen-bond acceptors (Lipinski definition) is 4. The SMILES string of the molecule is NCC1CN(C(=O)Cc2ccsc2)CCO1. The zero-order chi connectivity index (χ0) is 11.4. The van der Waals surface area contributed by atoms with E-state index >= 15 is 0 Å². The van der Waals surface area contributed by atoms with E-state index in [1.54, 1.807) is 11.3 Å². The first-order valence-corrected chi connectivity index (χ1v) is 6.34. The van der Waals surface area contributed by atoms with Crippen molar-refractivity contribution in [1.82, 2.24) is 4.90 Å². The van der Waals surface area contributed by atoms with E-state index in [9.17, 15) is 4.79 Å². The predicted octanol–water partition coefficient (Wildman–Crippen LogP) is 0.477. The van der Waals surface area contributed by atoms with Crippen molar-refractivity contribution in [2.75, 3.05) is 26.2 Å². The quantitative estimate of drug-likeness (QED) is 0.836. The van der Waals surface area contributed by atoms with E-state index in [4.69, 9.17) is 10.5 Å². The van der Waals surface area contributed by atoms with Crippen molar-refractivity contribution in [3.8, 4) is 0 Å². The lowest BCUT2D eigenvalue weighted by atomic mass is 10.2. The van der Waals surface area contributed by atoms with Crippen molar-refractivity contribution in [3.63, 3.8) is 0 Å². The summed E-state index contributed by atoms with van der Waals surface area (Å²) in [7, 11) is 0. The molecule has 2 N–H and O–H groups in total. The molecular weight excluding hydrogens is 224 g/mol. The first kappa shape index (κ1) is 11.6. The smallest absolute Gasteiger partial charge is 0.227 e. The number of rotatable bonds is 3. The minimum atomic E-state index is 0.000162. The molecule has 0 saturated carbocycles. The average molecular weight is 240 g/mol. The number of amides is 1. The van der Waals surface area contributed by atoms with E-state index in [2.05, 4.69) is 0 Å². The fourth-order valence-electron chi connectivity index (χ4n) is 1.77. The largest absolute Gasteiger partial charge is 0.373 e. The Labute approximate surface area is 99.0 Å². The summed E-state index contributed by atoms with van der Waals surface area (Å²) in [4.78, 5) is 13.8. The molecule has 0 spiro atoms. The third-order valence-electron chi connectivity index (χ3n) is 2.69. The molecule has 2 rings (SSSR count). The number of thiophene rings is 1. The molecule has 0 aromatic carbocycles. The molecule has 88 valence electrons. The normalized spacial score (nSPS) is 21.1. The van der Waals surface area contributed by atoms with Gasteiger partial charge in [0.25, 0.3) is 0 Å². The molecule has 1 aliphatic heterocycles. The Hall–Kier alpha value is -0.910. The van der Waals surface area contributed by atoms with Gasteiger partial charge in [-0.25, -0.2) is 0 Å². The van der Waals surface area contributed by atoms with Crippen LogP contribution in [0.15, 0.2) is 16.8 Å². The van der Waals surface area contributed by atoms with Gasteiger partial charge in [-0.1, -0.05) is 0 Å². The standard InChI is InChI=1S/C11H16N2O2S/c12-6-10-7-13(2-3-15-10)11(14)5-9-1-4-16-8-9/h1,4,8,10H,2-3,5-7,12H2. The van der Waals surface area contributed by atoms with E-state index in [1.165, 1.54) is 0 Å². The van der Waals surface area contributed by atoms with E-state index in [-0.39, 0.29) is 12.0 Å². The molecule has 1 saturated heterocycles. The minimum Gasteiger partial charge on any atom is -0.373 e. The van der Waals surface area contributed by atoms with Gasteiger partial charge in [0, 0.05) is 19.6 Å². The third kappa shape index (κ3) is 2.81. The maximum absolute atomic E-state index is 12.0. The van der Waals surface area contributed by atoms with Crippen LogP contribution in [0.5, 0.6) is 0 Å². The Kier molecular flexibility index (Phi) is 3.93. The summed E-state index contributed by atoms with van der Waals surface area (Å²) in [5, 5.41) is 4.00. The van der Waals surface area contributed by atoms with Gasteiger partial charge >= 0.3 is 0 Å². The second kappa shape index (κ2) is 5.43. The maximum atomic E-state index is 12.0. The molecular formula is C11H16N2O2S. The van der Waals surface area contributed by atoms with Gasteiger partial charge in [-0.2, -0.15) is 11.3 Å². The Balaban J connectivity index is 1.89. The van der Waals surface area contributed by atoms with Crippen LogP contribution in [-0.2, 0) is 16.0 Å². The van der Waals surface area contributed by atoms with E-state index in [1.807, 2.05) is 21.7 Å². The lowest BCUT2D eigenvalue weighted by Crippen LogP contribution is -2.48. The number of nitrogens with two attached hydrogens (primary N) is 1. The summed E-state index contributed by atoms with van der Waals surface area (Å²) < 4.78 is 5.43. The Bertz CT molecular complexity index is 340. The summed E-state index contributed by atoms with van der Waals surface area (Å²) in [5.41, 5.74) is 6.63. The van der Waals surface area contributed by atoms with Crippen molar-refractivity contribution in [1.29, 1.82) is 0 Å². The minimum absolute atomic E-state index is 0.000162. The van der Waals surface area contributed by atoms with E-state index in [0.29, 0.717) is 32.7 Å². The highest BCUT2D eigenvalue weighted by Crippen LogP contribution is 2.10. The van der Waals surface area contributed by atoms with Gasteiger partial charge in [0.1, 0.15) is 0 Å². The van der Waals surface area contributed by atoms with Crippen molar-refractivity contribution >= 4 is 17.2 Å². The van der Waals surface area contributed by atoms with E-state index < -0.39 is 0 Å². The summed E-state index contributed by atoms with van der Waals surface area (Å²) >= 11 is 1.62. The van der Waals surface area contributed by atoms with Gasteiger partial charge in [0.2, 0.25) is 5.91 Å². The Morgan fingerprint density at radius 3 is 3.25 bits per heavy atom. The van der Waals surface area contributed by atoms with Crippen LogP contribution in [0.1, 0.15) is 5.56 Å². The van der Waals surface area contributed by atoms with Crippen molar-refractivity contribution < 1.29 is 9.53 Å². The predicted molar refractivity (Wildman–Crippen MR) is 63.4 cm³/mol. The molecule has 0 aliphatic carbocycles. The zero-order valence-corrected chi connectivity index (χ0v) is 9.91. The molecule has 1 unspecified atom stereocenters. The van der Waals surface area contributed by atoms with Crippen LogP contribution in [0.2, 0.25) is 0 Å². The lowest BCUT2D eigenvalue weighted by Gasteiger charge is -2.32. The lowest BCUT2D eigenvalue weighted by molar-refractivity contribution is -0.137. The first-order chi connectivity index (χ1) is 7.79. The van der Waals surface area contributed by atoms with Gasteiger partial charge in [-0.3, -0.25) is 4.79 Å². The Morgan fingerprint density at radius 2 is 2.56 bits per heavy atom. The molecule has 1 aliphatic rings. The van der Waals surface area contributed by atoms with Crippen LogP contribution < -0.4 is 5.73 Å². The molecule has 1 atom stereocenters. The average Bonchev–Trinajstić information content (AvgIpc) is 2.82. The fraction of sp³-hybridized carbons (Fsp3) is 0.545. The monoisotopic (exact) mass is 240 g/mol. The molecule has 16 heavy (non-hydrogen) atoms. The number of hydrogen-bond donors (Lipinski definition) is 1. The van der Waals surface area contributed by atoms with Crippen LogP contribution >= 0.6 is 11.3 Å². The van der Waals surface area contributed by atoms with Crippen LogP contribution in [-0.4, -0.2) is 43.2 Å². The second-order valence-corrected chi connectivity index (χ2v) is 4.66. The number of carbonyl (C=O) groups is 1. The molecule has 4 nitrogen and oxygen atoms in total.